The number of amides is 2. The minimum absolute atomic E-state index is 0.0830. The molecule has 2 heterocycles. The lowest BCUT2D eigenvalue weighted by Crippen LogP contribution is -2.46. The molecule has 0 aromatic carbocycles. The molecule has 3 atom stereocenters. The average molecular weight is 451 g/mol. The molecule has 3 rings (SSSR count). The SMILES string of the molecule is COCCOC1CN(c2ccc3c(n2)CC[C@H](NC(=O)O)C3)CC1NC(=O)OC(C)(C)C. The molecule has 10 nitrogen and oxygen atoms in total. The van der Waals surface area contributed by atoms with Crippen LogP contribution in [-0.4, -0.2) is 79.5 Å². The fourth-order valence-electron chi connectivity index (χ4n) is 4.08. The van der Waals surface area contributed by atoms with E-state index in [0.29, 0.717) is 32.7 Å². The molecule has 0 bridgehead atoms. The Morgan fingerprint density at radius 1 is 1.22 bits per heavy atom. The van der Waals surface area contributed by atoms with E-state index < -0.39 is 17.8 Å². The number of carbonyl (C=O) groups is 2. The molecule has 1 aliphatic carbocycles. The number of fused-ring (bicyclic) bond motifs is 1. The third-order valence-corrected chi connectivity index (χ3v) is 5.49. The number of alkyl carbamates (subject to hydrolysis) is 1. The lowest BCUT2D eigenvalue weighted by Gasteiger charge is -2.26. The van der Waals surface area contributed by atoms with E-state index in [1.807, 2.05) is 32.9 Å². The average Bonchev–Trinajstić information content (AvgIpc) is 3.08. The number of nitrogens with one attached hydrogen (secondary N) is 2. The smallest absolute Gasteiger partial charge is 0.408 e. The highest BCUT2D eigenvalue weighted by Crippen LogP contribution is 2.26. The van der Waals surface area contributed by atoms with Crippen molar-refractivity contribution in [3.8, 4) is 0 Å². The summed E-state index contributed by atoms with van der Waals surface area (Å²) in [6.07, 6.45) is 0.389. The first kappa shape index (κ1) is 24.1. The normalized spacial score (nSPS) is 22.9. The van der Waals surface area contributed by atoms with Crippen molar-refractivity contribution < 1.29 is 28.9 Å². The summed E-state index contributed by atoms with van der Waals surface area (Å²) in [6.45, 7) is 7.51. The maximum atomic E-state index is 12.3. The van der Waals surface area contributed by atoms with Gasteiger partial charge in [0, 0.05) is 31.9 Å². The minimum atomic E-state index is -0.997. The van der Waals surface area contributed by atoms with E-state index in [1.54, 1.807) is 7.11 Å². The zero-order valence-electron chi connectivity index (χ0n) is 19.2. The molecule has 178 valence electrons. The van der Waals surface area contributed by atoms with Crippen LogP contribution in [-0.2, 0) is 27.1 Å². The van der Waals surface area contributed by atoms with Crippen LogP contribution in [0.4, 0.5) is 15.4 Å². The van der Waals surface area contributed by atoms with Crippen molar-refractivity contribution in [2.75, 3.05) is 38.3 Å². The van der Waals surface area contributed by atoms with E-state index >= 15 is 0 Å². The number of aryl methyl sites for hydroxylation is 1. The van der Waals surface area contributed by atoms with Gasteiger partial charge in [0.25, 0.3) is 0 Å². The first-order chi connectivity index (χ1) is 15.1. The van der Waals surface area contributed by atoms with Crippen molar-refractivity contribution in [3.05, 3.63) is 23.4 Å². The Kier molecular flexibility index (Phi) is 7.78. The molecule has 1 aliphatic heterocycles. The summed E-state index contributed by atoms with van der Waals surface area (Å²) in [7, 11) is 1.62. The van der Waals surface area contributed by atoms with Crippen LogP contribution in [0.25, 0.3) is 0 Å². The van der Waals surface area contributed by atoms with E-state index in [1.165, 1.54) is 0 Å². The second kappa shape index (κ2) is 10.4. The van der Waals surface area contributed by atoms with Crippen LogP contribution in [0.5, 0.6) is 0 Å². The summed E-state index contributed by atoms with van der Waals surface area (Å²) in [6, 6.07) is 3.64. The van der Waals surface area contributed by atoms with Gasteiger partial charge in [0.1, 0.15) is 11.4 Å². The van der Waals surface area contributed by atoms with E-state index in [0.717, 1.165) is 29.9 Å². The highest BCUT2D eigenvalue weighted by atomic mass is 16.6. The number of nitrogens with zero attached hydrogens (tertiary/aromatic N) is 2. The predicted octanol–water partition coefficient (Wildman–Crippen LogP) is 1.95. The van der Waals surface area contributed by atoms with E-state index in [-0.39, 0.29) is 18.2 Å². The molecule has 1 aromatic heterocycles. The molecule has 3 N–H and O–H groups in total. The first-order valence-corrected chi connectivity index (χ1v) is 11.0. The van der Waals surface area contributed by atoms with Crippen LogP contribution in [0.2, 0.25) is 0 Å². The predicted molar refractivity (Wildman–Crippen MR) is 118 cm³/mol. The van der Waals surface area contributed by atoms with Crippen molar-refractivity contribution in [2.24, 2.45) is 0 Å². The van der Waals surface area contributed by atoms with E-state index in [4.69, 9.17) is 24.3 Å². The largest absolute Gasteiger partial charge is 0.465 e. The van der Waals surface area contributed by atoms with Gasteiger partial charge in [0.15, 0.2) is 0 Å². The van der Waals surface area contributed by atoms with Crippen molar-refractivity contribution >= 4 is 18.0 Å². The lowest BCUT2D eigenvalue weighted by molar-refractivity contribution is 0.00946. The summed E-state index contributed by atoms with van der Waals surface area (Å²) < 4.78 is 16.5. The summed E-state index contributed by atoms with van der Waals surface area (Å²) in [5.41, 5.74) is 1.47. The molecular formula is C22H34N4O6. The molecule has 1 fully saturated rings. The van der Waals surface area contributed by atoms with Gasteiger partial charge in [-0.05, 0) is 51.7 Å². The fourth-order valence-corrected chi connectivity index (χ4v) is 4.08. The third-order valence-electron chi connectivity index (χ3n) is 5.49. The van der Waals surface area contributed by atoms with Crippen LogP contribution in [0.1, 0.15) is 38.4 Å². The third kappa shape index (κ3) is 6.70. The maximum Gasteiger partial charge on any atom is 0.408 e. The standard InChI is InChI=1S/C22H34N4O6/c1-22(2,3)32-21(29)25-17-12-26(13-18(17)31-10-9-30-4)19-8-5-14-11-15(23-20(27)28)6-7-16(14)24-19/h5,8,15,17-18,23H,6-7,9-13H2,1-4H3,(H,25,29)(H,27,28)/t15-,17?,18?/m0/s1. The molecule has 1 aromatic rings. The van der Waals surface area contributed by atoms with Gasteiger partial charge in [-0.15, -0.1) is 0 Å². The molecule has 10 heteroatoms. The van der Waals surface area contributed by atoms with E-state index in [2.05, 4.69) is 15.5 Å². The maximum absolute atomic E-state index is 12.3. The van der Waals surface area contributed by atoms with Gasteiger partial charge in [-0.1, -0.05) is 6.07 Å². The van der Waals surface area contributed by atoms with Gasteiger partial charge >= 0.3 is 12.2 Å². The summed E-state index contributed by atoms with van der Waals surface area (Å²) in [4.78, 5) is 30.2. The summed E-state index contributed by atoms with van der Waals surface area (Å²) >= 11 is 0. The number of carboxylic acid groups (broad SMARTS) is 1. The lowest BCUT2D eigenvalue weighted by atomic mass is 9.92. The molecular weight excluding hydrogens is 416 g/mol. The Balaban J connectivity index is 1.68. The number of anilines is 1. The first-order valence-electron chi connectivity index (χ1n) is 11.0. The molecule has 2 amide bonds. The quantitative estimate of drug-likeness (QED) is 0.539. The Labute approximate surface area is 188 Å². The Hall–Kier alpha value is -2.59. The monoisotopic (exact) mass is 450 g/mol. The van der Waals surface area contributed by atoms with Gasteiger partial charge in [0.2, 0.25) is 0 Å². The summed E-state index contributed by atoms with van der Waals surface area (Å²) in [5.74, 6) is 0.822. The molecule has 32 heavy (non-hydrogen) atoms. The van der Waals surface area contributed by atoms with Gasteiger partial charge in [0.05, 0.1) is 25.4 Å². The zero-order valence-corrected chi connectivity index (χ0v) is 19.2. The van der Waals surface area contributed by atoms with Crippen molar-refractivity contribution in [2.45, 2.75) is 63.8 Å². The van der Waals surface area contributed by atoms with Crippen molar-refractivity contribution in [3.63, 3.8) is 0 Å². The number of hydrogen-bond donors (Lipinski definition) is 3. The molecule has 2 aliphatic rings. The minimum Gasteiger partial charge on any atom is -0.465 e. The van der Waals surface area contributed by atoms with Crippen molar-refractivity contribution in [1.82, 2.24) is 15.6 Å². The second-order valence-electron chi connectivity index (χ2n) is 9.22. The number of aromatic nitrogens is 1. The highest BCUT2D eigenvalue weighted by molar-refractivity contribution is 5.68. The molecule has 1 saturated heterocycles. The number of carbonyl (C=O) groups excluding carboxylic acids is 1. The Bertz CT molecular complexity index is 812. The number of pyridine rings is 1. The Morgan fingerprint density at radius 2 is 2.00 bits per heavy atom. The topological polar surface area (TPSA) is 122 Å². The van der Waals surface area contributed by atoms with Crippen LogP contribution >= 0.6 is 0 Å². The van der Waals surface area contributed by atoms with Crippen LogP contribution in [0.15, 0.2) is 12.1 Å². The van der Waals surface area contributed by atoms with Crippen LogP contribution in [0.3, 0.4) is 0 Å². The van der Waals surface area contributed by atoms with Crippen LogP contribution < -0.4 is 15.5 Å². The van der Waals surface area contributed by atoms with Crippen LogP contribution in [0, 0.1) is 0 Å². The van der Waals surface area contributed by atoms with Gasteiger partial charge in [-0.3, -0.25) is 0 Å². The molecule has 2 unspecified atom stereocenters. The number of hydrogen-bond acceptors (Lipinski definition) is 7. The molecule has 0 saturated carbocycles. The number of methoxy groups -OCH3 is 1. The highest BCUT2D eigenvalue weighted by Gasteiger charge is 2.36. The zero-order chi connectivity index (χ0) is 23.3. The van der Waals surface area contributed by atoms with Gasteiger partial charge in [-0.25, -0.2) is 14.6 Å². The van der Waals surface area contributed by atoms with E-state index in [9.17, 15) is 9.59 Å². The van der Waals surface area contributed by atoms with Crippen molar-refractivity contribution in [1.29, 1.82) is 0 Å². The second-order valence-corrected chi connectivity index (χ2v) is 9.22. The van der Waals surface area contributed by atoms with Gasteiger partial charge in [-0.2, -0.15) is 0 Å². The fraction of sp³-hybridized carbons (Fsp3) is 0.682. The Morgan fingerprint density at radius 3 is 2.69 bits per heavy atom. The molecule has 0 spiro atoms. The number of rotatable bonds is 7. The molecule has 0 radical (unpaired) electrons. The summed E-state index contributed by atoms with van der Waals surface area (Å²) in [5, 5.41) is 14.5. The number of ether oxygens (including phenoxy) is 3. The van der Waals surface area contributed by atoms with Gasteiger partial charge < -0.3 is 34.9 Å².